The highest BCUT2D eigenvalue weighted by molar-refractivity contribution is 4.82. The van der Waals surface area contributed by atoms with Crippen molar-refractivity contribution in [1.82, 2.24) is 16.0 Å². The minimum atomic E-state index is 0.573. The van der Waals surface area contributed by atoms with Crippen molar-refractivity contribution in [3.8, 4) is 6.07 Å². The molecule has 1 unspecified atom stereocenters. The Morgan fingerprint density at radius 1 is 1.35 bits per heavy atom. The lowest BCUT2D eigenvalue weighted by atomic mass is 10.1. The summed E-state index contributed by atoms with van der Waals surface area (Å²) in [6, 6.07) is 3.47. The summed E-state index contributed by atoms with van der Waals surface area (Å²) in [5.41, 5.74) is 0. The molecule has 1 saturated heterocycles. The van der Waals surface area contributed by atoms with E-state index in [9.17, 15) is 0 Å². The second-order valence-electron chi connectivity index (χ2n) is 4.80. The third kappa shape index (κ3) is 6.62. The Hall–Kier alpha value is -0.630. The summed E-state index contributed by atoms with van der Waals surface area (Å²) in [5, 5.41) is 18.9. The normalized spacial score (nSPS) is 17.4. The second-order valence-corrected chi connectivity index (χ2v) is 4.80. The SMILES string of the molecule is CCCNC(CCCC#N)CCNC1CNC1. The van der Waals surface area contributed by atoms with Gasteiger partial charge in [-0.3, -0.25) is 0 Å². The topological polar surface area (TPSA) is 59.9 Å². The predicted octanol–water partition coefficient (Wildman–Crippen LogP) is 1.000. The van der Waals surface area contributed by atoms with Crippen LogP contribution in [0.1, 0.15) is 39.0 Å². The van der Waals surface area contributed by atoms with E-state index in [2.05, 4.69) is 28.9 Å². The number of hydrogen-bond acceptors (Lipinski definition) is 4. The zero-order valence-corrected chi connectivity index (χ0v) is 11.0. The zero-order chi connectivity index (χ0) is 12.3. The van der Waals surface area contributed by atoms with E-state index in [4.69, 9.17) is 5.26 Å². The molecule has 0 aromatic heterocycles. The van der Waals surface area contributed by atoms with Gasteiger partial charge < -0.3 is 16.0 Å². The molecule has 17 heavy (non-hydrogen) atoms. The Kier molecular flexibility index (Phi) is 7.98. The third-order valence-electron chi connectivity index (χ3n) is 3.23. The molecule has 98 valence electrons. The summed E-state index contributed by atoms with van der Waals surface area (Å²) in [7, 11) is 0. The summed E-state index contributed by atoms with van der Waals surface area (Å²) >= 11 is 0. The highest BCUT2D eigenvalue weighted by atomic mass is 15.1. The van der Waals surface area contributed by atoms with E-state index in [1.165, 1.54) is 12.8 Å². The fraction of sp³-hybridized carbons (Fsp3) is 0.923. The van der Waals surface area contributed by atoms with Gasteiger partial charge in [0.1, 0.15) is 0 Å². The Morgan fingerprint density at radius 2 is 2.18 bits per heavy atom. The molecule has 1 aliphatic heterocycles. The van der Waals surface area contributed by atoms with E-state index in [0.29, 0.717) is 18.5 Å². The summed E-state index contributed by atoms with van der Waals surface area (Å²) in [6.45, 7) is 6.59. The average Bonchev–Trinajstić information content (AvgIpc) is 2.28. The molecule has 0 aromatic rings. The van der Waals surface area contributed by atoms with Crippen LogP contribution in [0.2, 0.25) is 0 Å². The number of nitrogens with one attached hydrogen (secondary N) is 3. The smallest absolute Gasteiger partial charge is 0.0621 e. The van der Waals surface area contributed by atoms with Crippen LogP contribution in [0.15, 0.2) is 0 Å². The van der Waals surface area contributed by atoms with Gasteiger partial charge in [0.05, 0.1) is 6.07 Å². The molecular formula is C13H26N4. The van der Waals surface area contributed by atoms with E-state index >= 15 is 0 Å². The van der Waals surface area contributed by atoms with Crippen LogP contribution < -0.4 is 16.0 Å². The van der Waals surface area contributed by atoms with Gasteiger partial charge in [-0.05, 0) is 38.8 Å². The first-order valence-electron chi connectivity index (χ1n) is 6.91. The molecule has 0 bridgehead atoms. The van der Waals surface area contributed by atoms with Crippen LogP contribution in [0.3, 0.4) is 0 Å². The van der Waals surface area contributed by atoms with Crippen LogP contribution in [0, 0.1) is 11.3 Å². The Labute approximate surface area is 105 Å². The van der Waals surface area contributed by atoms with Crippen molar-refractivity contribution in [3.63, 3.8) is 0 Å². The van der Waals surface area contributed by atoms with Gasteiger partial charge in [0.15, 0.2) is 0 Å². The molecule has 1 aliphatic rings. The zero-order valence-electron chi connectivity index (χ0n) is 11.0. The molecule has 0 aromatic carbocycles. The fourth-order valence-corrected chi connectivity index (χ4v) is 2.02. The van der Waals surface area contributed by atoms with Crippen molar-refractivity contribution in [3.05, 3.63) is 0 Å². The van der Waals surface area contributed by atoms with E-state index in [0.717, 1.165) is 39.0 Å². The van der Waals surface area contributed by atoms with Gasteiger partial charge in [-0.25, -0.2) is 0 Å². The Bertz CT molecular complexity index is 220. The molecular weight excluding hydrogens is 212 g/mol. The molecule has 1 fully saturated rings. The van der Waals surface area contributed by atoms with E-state index < -0.39 is 0 Å². The van der Waals surface area contributed by atoms with Crippen molar-refractivity contribution in [1.29, 1.82) is 5.26 Å². The largest absolute Gasteiger partial charge is 0.314 e. The maximum Gasteiger partial charge on any atom is 0.0621 e. The predicted molar refractivity (Wildman–Crippen MR) is 70.8 cm³/mol. The van der Waals surface area contributed by atoms with Gasteiger partial charge in [0, 0.05) is 31.6 Å². The van der Waals surface area contributed by atoms with Crippen molar-refractivity contribution in [2.24, 2.45) is 0 Å². The standard InChI is InChI=1S/C13H26N4/c1-2-8-16-12(5-3-4-7-14)6-9-17-13-10-15-11-13/h12-13,15-17H,2-6,8-11H2,1H3. The molecule has 0 amide bonds. The number of unbranched alkanes of at least 4 members (excludes halogenated alkanes) is 1. The molecule has 1 atom stereocenters. The minimum absolute atomic E-state index is 0.573. The van der Waals surface area contributed by atoms with Gasteiger partial charge in [-0.1, -0.05) is 6.92 Å². The van der Waals surface area contributed by atoms with E-state index in [1.807, 2.05) is 0 Å². The molecule has 0 radical (unpaired) electrons. The van der Waals surface area contributed by atoms with E-state index in [1.54, 1.807) is 0 Å². The van der Waals surface area contributed by atoms with Crippen LogP contribution in [0.5, 0.6) is 0 Å². The molecule has 3 N–H and O–H groups in total. The van der Waals surface area contributed by atoms with Crippen LogP contribution >= 0.6 is 0 Å². The van der Waals surface area contributed by atoms with Crippen LogP contribution in [0.4, 0.5) is 0 Å². The number of rotatable bonds is 10. The molecule has 0 aliphatic carbocycles. The maximum absolute atomic E-state index is 8.55. The molecule has 4 nitrogen and oxygen atoms in total. The number of nitrogens with zero attached hydrogens (tertiary/aromatic N) is 1. The first-order chi connectivity index (χ1) is 8.36. The first-order valence-corrected chi connectivity index (χ1v) is 6.91. The summed E-state index contributed by atoms with van der Waals surface area (Å²) < 4.78 is 0. The monoisotopic (exact) mass is 238 g/mol. The number of hydrogen-bond donors (Lipinski definition) is 3. The lowest BCUT2D eigenvalue weighted by Crippen LogP contribution is -2.55. The van der Waals surface area contributed by atoms with Crippen LogP contribution in [0.25, 0.3) is 0 Å². The van der Waals surface area contributed by atoms with Crippen molar-refractivity contribution in [2.45, 2.75) is 51.1 Å². The van der Waals surface area contributed by atoms with E-state index in [-0.39, 0.29) is 0 Å². The van der Waals surface area contributed by atoms with Crippen LogP contribution in [-0.4, -0.2) is 38.3 Å². The van der Waals surface area contributed by atoms with Gasteiger partial charge in [-0.2, -0.15) is 5.26 Å². The van der Waals surface area contributed by atoms with Crippen LogP contribution in [-0.2, 0) is 0 Å². The quantitative estimate of drug-likeness (QED) is 0.497. The summed E-state index contributed by atoms with van der Waals surface area (Å²) in [5.74, 6) is 0. The molecule has 0 saturated carbocycles. The summed E-state index contributed by atoms with van der Waals surface area (Å²) in [6.07, 6.45) is 5.17. The Balaban J connectivity index is 2.07. The maximum atomic E-state index is 8.55. The second kappa shape index (κ2) is 9.41. The average molecular weight is 238 g/mol. The number of nitriles is 1. The van der Waals surface area contributed by atoms with Gasteiger partial charge in [0.2, 0.25) is 0 Å². The molecule has 1 rings (SSSR count). The lowest BCUT2D eigenvalue weighted by Gasteiger charge is -2.29. The van der Waals surface area contributed by atoms with Gasteiger partial charge >= 0.3 is 0 Å². The first kappa shape index (κ1) is 14.4. The van der Waals surface area contributed by atoms with Crippen molar-refractivity contribution in [2.75, 3.05) is 26.2 Å². The molecule has 1 heterocycles. The van der Waals surface area contributed by atoms with Gasteiger partial charge in [-0.15, -0.1) is 0 Å². The Morgan fingerprint density at radius 3 is 2.76 bits per heavy atom. The highest BCUT2D eigenvalue weighted by Crippen LogP contribution is 2.04. The van der Waals surface area contributed by atoms with Crippen molar-refractivity contribution < 1.29 is 0 Å². The summed E-state index contributed by atoms with van der Waals surface area (Å²) in [4.78, 5) is 0. The highest BCUT2D eigenvalue weighted by Gasteiger charge is 2.15. The van der Waals surface area contributed by atoms with Gasteiger partial charge in [0.25, 0.3) is 0 Å². The lowest BCUT2D eigenvalue weighted by molar-refractivity contribution is 0.347. The molecule has 0 spiro atoms. The molecule has 4 heteroatoms. The third-order valence-corrected chi connectivity index (χ3v) is 3.23. The fourth-order valence-electron chi connectivity index (χ4n) is 2.02. The van der Waals surface area contributed by atoms with Crippen molar-refractivity contribution >= 4 is 0 Å². The minimum Gasteiger partial charge on any atom is -0.314 e.